The van der Waals surface area contributed by atoms with Gasteiger partial charge < -0.3 is 39.6 Å². The van der Waals surface area contributed by atoms with Crippen molar-refractivity contribution in [3.63, 3.8) is 0 Å². The number of carbonyl (C=O) groups is 2. The van der Waals surface area contributed by atoms with Crippen LogP contribution in [0.25, 0.3) is 21.9 Å². The molecular weight excluding hydrogens is 878 g/mol. The van der Waals surface area contributed by atoms with Crippen LogP contribution in [0.4, 0.5) is 37.7 Å². The predicted octanol–water partition coefficient (Wildman–Crippen LogP) is 8.27. The summed E-state index contributed by atoms with van der Waals surface area (Å²) in [5.41, 5.74) is 15.3. The Bertz CT molecular complexity index is 2510. The number of primary amides is 2. The summed E-state index contributed by atoms with van der Waals surface area (Å²) in [5, 5.41) is 1.58. The summed E-state index contributed by atoms with van der Waals surface area (Å²) >= 11 is 3.61. The van der Waals surface area contributed by atoms with Gasteiger partial charge in [-0.25, -0.2) is 0 Å². The molecule has 12 nitrogen and oxygen atoms in total. The van der Waals surface area contributed by atoms with Crippen LogP contribution < -0.4 is 30.7 Å². The molecule has 2 aromatic heterocycles. The minimum Gasteiger partial charge on any atom is -0.451 e. The molecule has 4 N–H and O–H groups in total. The van der Waals surface area contributed by atoms with Gasteiger partial charge in [0, 0.05) is 81.9 Å². The Morgan fingerprint density at radius 3 is 1.62 bits per heavy atom. The maximum Gasteiger partial charge on any atom is 0.573 e. The number of alkyl halides is 6. The summed E-state index contributed by atoms with van der Waals surface area (Å²) in [6.45, 7) is 7.11. The fourth-order valence-electron chi connectivity index (χ4n) is 7.29. The molecule has 0 spiro atoms. The van der Waals surface area contributed by atoms with Gasteiger partial charge in [0.2, 0.25) is 0 Å². The van der Waals surface area contributed by atoms with E-state index in [9.17, 15) is 35.9 Å². The summed E-state index contributed by atoms with van der Waals surface area (Å²) in [6, 6.07) is 24.8. The third kappa shape index (κ3) is 11.3. The van der Waals surface area contributed by atoms with Crippen LogP contribution in [-0.2, 0) is 13.1 Å². The molecule has 0 aliphatic carbocycles. The number of ether oxygens (including phenoxy) is 2. The lowest BCUT2D eigenvalue weighted by molar-refractivity contribution is -0.275. The molecule has 0 radical (unpaired) electrons. The highest BCUT2D eigenvalue weighted by Gasteiger charge is 2.32. The van der Waals surface area contributed by atoms with Crippen LogP contribution >= 0.6 is 15.9 Å². The number of piperazine rings is 2. The summed E-state index contributed by atoms with van der Waals surface area (Å²) < 4.78 is 94.2. The lowest BCUT2D eigenvalue weighted by atomic mass is 10.1. The SMILES string of the molecule is NC(=O)c1cc2c(Br)c(N3CCN(Cc4cccc(OC(F)(F)F)c4)CC3)ccc2o1.NC(=O)c1cc2cc(N3CCN(Cc4cccc(OC(F)(F)F)c4)CC3)ccc2o1. The van der Waals surface area contributed by atoms with E-state index in [1.54, 1.807) is 42.5 Å². The smallest absolute Gasteiger partial charge is 0.451 e. The molecule has 0 unspecified atom stereocenters. The lowest BCUT2D eigenvalue weighted by Gasteiger charge is -2.36. The Balaban J connectivity index is 0.000000184. The predicted molar refractivity (Wildman–Crippen MR) is 218 cm³/mol. The molecule has 61 heavy (non-hydrogen) atoms. The Kier molecular flexibility index (Phi) is 12.7. The van der Waals surface area contributed by atoms with Gasteiger partial charge in [0.15, 0.2) is 11.5 Å². The fraction of sp³-hybridized carbons (Fsp3) is 0.286. The van der Waals surface area contributed by atoms with Gasteiger partial charge in [-0.2, -0.15) is 0 Å². The molecule has 0 bridgehead atoms. The number of hydrogen-bond acceptors (Lipinski definition) is 10. The highest BCUT2D eigenvalue weighted by Crippen LogP contribution is 2.36. The number of anilines is 2. The molecule has 6 aromatic rings. The van der Waals surface area contributed by atoms with E-state index in [0.717, 1.165) is 90.1 Å². The van der Waals surface area contributed by atoms with E-state index in [2.05, 4.69) is 45.0 Å². The Morgan fingerprint density at radius 2 is 1.10 bits per heavy atom. The van der Waals surface area contributed by atoms with Crippen LogP contribution in [0.1, 0.15) is 32.2 Å². The average molecular weight is 918 g/mol. The van der Waals surface area contributed by atoms with Crippen LogP contribution in [0.15, 0.2) is 104 Å². The fourth-order valence-corrected chi connectivity index (χ4v) is 7.98. The molecule has 0 atom stereocenters. The van der Waals surface area contributed by atoms with Gasteiger partial charge >= 0.3 is 12.7 Å². The second-order valence-corrected chi connectivity index (χ2v) is 15.2. The molecule has 19 heteroatoms. The van der Waals surface area contributed by atoms with Crippen molar-refractivity contribution in [1.29, 1.82) is 0 Å². The van der Waals surface area contributed by atoms with E-state index < -0.39 is 24.5 Å². The third-order valence-corrected chi connectivity index (χ3v) is 11.0. The van der Waals surface area contributed by atoms with Crippen molar-refractivity contribution in [2.75, 3.05) is 62.2 Å². The van der Waals surface area contributed by atoms with Crippen molar-refractivity contribution < 1.29 is 54.2 Å². The molecule has 2 aliphatic heterocycles. The van der Waals surface area contributed by atoms with Crippen molar-refractivity contribution in [1.82, 2.24) is 9.80 Å². The number of furan rings is 2. The summed E-state index contributed by atoms with van der Waals surface area (Å²) in [6.07, 6.45) is -9.40. The molecular formula is C42H39BrF6N6O6. The molecule has 2 amide bonds. The normalized spacial score (nSPS) is 15.5. The summed E-state index contributed by atoms with van der Waals surface area (Å²) in [4.78, 5) is 31.5. The number of hydrogen-bond donors (Lipinski definition) is 2. The second kappa shape index (κ2) is 18.0. The van der Waals surface area contributed by atoms with E-state index in [4.69, 9.17) is 20.3 Å². The molecule has 0 saturated carbocycles. The molecule has 322 valence electrons. The Morgan fingerprint density at radius 1 is 0.607 bits per heavy atom. The number of benzene rings is 4. The molecule has 4 aromatic carbocycles. The maximum absolute atomic E-state index is 12.4. The standard InChI is InChI=1S/C21H19BrF3N3O3.C21H20F3N3O3/c22-19-15-11-18(20(26)29)30-17(15)5-4-16(19)28-8-6-27(7-9-28)12-13-2-1-3-14(10-13)31-21(23,24)25;22-21(23,24)30-17-3-1-2-14(10-17)13-26-6-8-27(9-7-26)16-4-5-18-15(11-16)12-19(29-18)20(25)28/h1-5,10-11H,6-9,12H2,(H2,26,29);1-5,10-12H,6-9,13H2,(H2,25,28). The number of amides is 2. The van der Waals surface area contributed by atoms with Gasteiger partial charge in [-0.3, -0.25) is 19.4 Å². The zero-order chi connectivity index (χ0) is 43.5. The lowest BCUT2D eigenvalue weighted by Crippen LogP contribution is -2.46. The molecule has 8 rings (SSSR count). The van der Waals surface area contributed by atoms with Crippen LogP contribution in [0, 0.1) is 0 Å². The monoisotopic (exact) mass is 916 g/mol. The van der Waals surface area contributed by atoms with Crippen molar-refractivity contribution in [2.24, 2.45) is 11.5 Å². The number of rotatable bonds is 10. The minimum atomic E-state index is -4.70. The van der Waals surface area contributed by atoms with Crippen LogP contribution in [0.5, 0.6) is 11.5 Å². The number of fused-ring (bicyclic) bond motifs is 2. The van der Waals surface area contributed by atoms with Crippen molar-refractivity contribution >= 4 is 61.1 Å². The number of halogens is 7. The molecule has 2 aliphatic rings. The van der Waals surface area contributed by atoms with Gasteiger partial charge in [-0.15, -0.1) is 26.3 Å². The first-order valence-corrected chi connectivity index (χ1v) is 19.7. The van der Waals surface area contributed by atoms with E-state index in [0.29, 0.717) is 24.3 Å². The molecule has 2 saturated heterocycles. The quantitative estimate of drug-likeness (QED) is 0.129. The Labute approximate surface area is 353 Å². The van der Waals surface area contributed by atoms with Gasteiger partial charge in [0.05, 0.1) is 10.2 Å². The van der Waals surface area contributed by atoms with Crippen LogP contribution in [0.3, 0.4) is 0 Å². The van der Waals surface area contributed by atoms with Gasteiger partial charge in [0.1, 0.15) is 22.7 Å². The number of carbonyl (C=O) groups excluding carboxylic acids is 2. The highest BCUT2D eigenvalue weighted by molar-refractivity contribution is 9.10. The first-order chi connectivity index (χ1) is 29.0. The van der Waals surface area contributed by atoms with E-state index >= 15 is 0 Å². The Hall–Kier alpha value is -5.92. The first kappa shape index (κ1) is 43.2. The average Bonchev–Trinajstić information content (AvgIpc) is 3.84. The topological polar surface area (TPSA) is 144 Å². The van der Waals surface area contributed by atoms with Crippen molar-refractivity contribution in [3.05, 3.63) is 118 Å². The van der Waals surface area contributed by atoms with Gasteiger partial charge in [-0.05, 0) is 93.8 Å². The van der Waals surface area contributed by atoms with E-state index in [-0.39, 0.29) is 23.0 Å². The maximum atomic E-state index is 12.4. The number of nitrogens with zero attached hydrogens (tertiary/aromatic N) is 4. The first-order valence-electron chi connectivity index (χ1n) is 19.0. The highest BCUT2D eigenvalue weighted by atomic mass is 79.9. The largest absolute Gasteiger partial charge is 0.573 e. The van der Waals surface area contributed by atoms with E-state index in [1.807, 2.05) is 24.3 Å². The zero-order valence-electron chi connectivity index (χ0n) is 32.3. The number of nitrogens with two attached hydrogens (primary N) is 2. The van der Waals surface area contributed by atoms with Crippen molar-refractivity contribution in [3.8, 4) is 11.5 Å². The van der Waals surface area contributed by atoms with Crippen molar-refractivity contribution in [2.45, 2.75) is 25.8 Å². The van der Waals surface area contributed by atoms with Crippen LogP contribution in [-0.4, -0.2) is 86.7 Å². The van der Waals surface area contributed by atoms with Gasteiger partial charge in [-0.1, -0.05) is 24.3 Å². The second-order valence-electron chi connectivity index (χ2n) is 14.4. The summed E-state index contributed by atoms with van der Waals surface area (Å²) in [7, 11) is 0. The van der Waals surface area contributed by atoms with Gasteiger partial charge in [0.25, 0.3) is 11.8 Å². The molecule has 2 fully saturated rings. The minimum absolute atomic E-state index is 0.106. The van der Waals surface area contributed by atoms with Crippen LogP contribution in [0.2, 0.25) is 0 Å². The summed E-state index contributed by atoms with van der Waals surface area (Å²) in [5.74, 6) is -1.41. The third-order valence-electron chi connectivity index (χ3n) is 10.1. The molecule has 4 heterocycles. The van der Waals surface area contributed by atoms with E-state index in [1.165, 1.54) is 24.3 Å². The zero-order valence-corrected chi connectivity index (χ0v) is 33.9.